The lowest BCUT2D eigenvalue weighted by atomic mass is 10.2. The van der Waals surface area contributed by atoms with Crippen molar-refractivity contribution in [2.24, 2.45) is 0 Å². The van der Waals surface area contributed by atoms with E-state index in [0.717, 1.165) is 16.9 Å². The van der Waals surface area contributed by atoms with Gasteiger partial charge in [0.05, 0.1) is 26.2 Å². The summed E-state index contributed by atoms with van der Waals surface area (Å²) in [5.74, 6) is -0.365. The van der Waals surface area contributed by atoms with Crippen molar-refractivity contribution in [3.63, 3.8) is 0 Å². The van der Waals surface area contributed by atoms with Crippen molar-refractivity contribution in [3.05, 3.63) is 41.3 Å². The van der Waals surface area contributed by atoms with Gasteiger partial charge in [-0.1, -0.05) is 37.3 Å². The first-order valence-electron chi connectivity index (χ1n) is 9.47. The monoisotopic (exact) mass is 409 g/mol. The number of sulfonamides is 1. The Kier molecular flexibility index (Phi) is 8.16. The summed E-state index contributed by atoms with van der Waals surface area (Å²) in [6.07, 6.45) is 2.36. The van der Waals surface area contributed by atoms with E-state index < -0.39 is 16.1 Å². The van der Waals surface area contributed by atoms with E-state index in [1.54, 1.807) is 6.08 Å². The van der Waals surface area contributed by atoms with Gasteiger partial charge in [0.1, 0.15) is 0 Å². The highest BCUT2D eigenvalue weighted by atomic mass is 32.2. The maximum atomic E-state index is 12.5. The van der Waals surface area contributed by atoms with Crippen LogP contribution in [0.25, 0.3) is 6.08 Å². The third-order valence-electron chi connectivity index (χ3n) is 4.67. The van der Waals surface area contributed by atoms with Gasteiger partial charge in [0, 0.05) is 11.4 Å². The maximum Gasteiger partial charge on any atom is 0.321 e. The van der Waals surface area contributed by atoms with Crippen molar-refractivity contribution >= 4 is 28.0 Å². The number of quaternary nitrogens is 1. The van der Waals surface area contributed by atoms with E-state index in [2.05, 4.69) is 10.6 Å². The van der Waals surface area contributed by atoms with Crippen molar-refractivity contribution in [2.75, 3.05) is 32.7 Å². The second-order valence-corrected chi connectivity index (χ2v) is 8.73. The van der Waals surface area contributed by atoms with E-state index >= 15 is 0 Å². The van der Waals surface area contributed by atoms with Gasteiger partial charge >= 0.3 is 6.03 Å². The molecule has 8 nitrogen and oxygen atoms in total. The van der Waals surface area contributed by atoms with Gasteiger partial charge in [-0.3, -0.25) is 10.1 Å². The summed E-state index contributed by atoms with van der Waals surface area (Å²) in [7, 11) is -3.49. The van der Waals surface area contributed by atoms with Gasteiger partial charge in [0.25, 0.3) is 5.91 Å². The highest BCUT2D eigenvalue weighted by molar-refractivity contribution is 7.92. The lowest BCUT2D eigenvalue weighted by Crippen LogP contribution is -3.15. The maximum absolute atomic E-state index is 12.5. The topological polar surface area (TPSA) is 100 Å². The van der Waals surface area contributed by atoms with Crippen LogP contribution in [0.3, 0.4) is 0 Å². The molecule has 3 amide bonds. The number of amides is 3. The van der Waals surface area contributed by atoms with Crippen LogP contribution in [0.5, 0.6) is 0 Å². The molecule has 1 aromatic carbocycles. The molecule has 1 aliphatic rings. The second kappa shape index (κ2) is 10.4. The number of carbonyl (C=O) groups is 2. The molecule has 1 fully saturated rings. The van der Waals surface area contributed by atoms with Crippen LogP contribution in [0, 0.1) is 0 Å². The molecule has 28 heavy (non-hydrogen) atoms. The van der Waals surface area contributed by atoms with Crippen molar-refractivity contribution in [1.29, 1.82) is 0 Å². The molecule has 154 valence electrons. The number of hydrogen-bond donors (Lipinski definition) is 3. The lowest BCUT2D eigenvalue weighted by molar-refractivity contribution is -0.895. The molecule has 0 aromatic heterocycles. The largest absolute Gasteiger partial charge is 0.335 e. The number of benzene rings is 1. The van der Waals surface area contributed by atoms with Gasteiger partial charge in [-0.2, -0.15) is 4.31 Å². The summed E-state index contributed by atoms with van der Waals surface area (Å²) in [5.41, 5.74) is 0.822. The minimum Gasteiger partial charge on any atom is -0.335 e. The third-order valence-corrected chi connectivity index (χ3v) is 6.24. The normalized spacial score (nSPS) is 17.4. The van der Waals surface area contributed by atoms with Gasteiger partial charge in [0.15, 0.2) is 6.54 Å². The summed E-state index contributed by atoms with van der Waals surface area (Å²) < 4.78 is 26.3. The van der Waals surface area contributed by atoms with Gasteiger partial charge in [0.2, 0.25) is 10.0 Å². The Bertz CT molecular complexity index is 787. The zero-order valence-corrected chi connectivity index (χ0v) is 17.2. The Balaban J connectivity index is 1.79. The highest BCUT2D eigenvalue weighted by Gasteiger charge is 2.28. The molecule has 9 heteroatoms. The summed E-state index contributed by atoms with van der Waals surface area (Å²) >= 11 is 0. The van der Waals surface area contributed by atoms with Crippen molar-refractivity contribution < 1.29 is 22.9 Å². The fourth-order valence-electron chi connectivity index (χ4n) is 2.81. The van der Waals surface area contributed by atoms with Crippen LogP contribution in [-0.4, -0.2) is 63.4 Å². The quantitative estimate of drug-likeness (QED) is 0.581. The molecule has 0 bridgehead atoms. The Hall–Kier alpha value is -2.23. The van der Waals surface area contributed by atoms with E-state index in [1.165, 1.54) is 9.71 Å². The van der Waals surface area contributed by atoms with Crippen molar-refractivity contribution in [2.45, 2.75) is 26.3 Å². The van der Waals surface area contributed by atoms with E-state index in [-0.39, 0.29) is 18.5 Å². The number of carbonyl (C=O) groups excluding carboxylic acids is 2. The fraction of sp³-hybridized carbons (Fsp3) is 0.474. The molecule has 1 aliphatic heterocycles. The average molecular weight is 410 g/mol. The number of rotatable bonds is 7. The molecule has 1 heterocycles. The minimum absolute atomic E-state index is 0.00200. The number of hydrogen-bond acceptors (Lipinski definition) is 4. The van der Waals surface area contributed by atoms with Crippen LogP contribution in [-0.2, 0) is 14.8 Å². The van der Waals surface area contributed by atoms with Crippen molar-refractivity contribution in [3.8, 4) is 0 Å². The molecular formula is C19H29N4O4S+. The third kappa shape index (κ3) is 7.06. The standard InChI is InChI=1S/C19H28N4O4S/c1-3-16(2)20-19(25)21-18(24)15-22-10-12-23(13-11-22)28(26,27)14-9-17-7-5-4-6-8-17/h4-9,14,16H,3,10-13,15H2,1-2H3,(H2,20,21,24,25)/p+1/b14-9+/t16-/m1/s1. The second-order valence-electron chi connectivity index (χ2n) is 6.92. The molecule has 1 aromatic rings. The molecule has 0 saturated carbocycles. The van der Waals surface area contributed by atoms with E-state index in [1.807, 2.05) is 44.2 Å². The van der Waals surface area contributed by atoms with Crippen LogP contribution in [0.4, 0.5) is 4.79 Å². The molecule has 0 spiro atoms. The molecule has 0 radical (unpaired) electrons. The van der Waals surface area contributed by atoms with Gasteiger partial charge in [-0.15, -0.1) is 0 Å². The molecule has 0 aliphatic carbocycles. The first-order chi connectivity index (χ1) is 13.3. The predicted octanol–water partition coefficient (Wildman–Crippen LogP) is -0.188. The number of urea groups is 1. The van der Waals surface area contributed by atoms with Crippen molar-refractivity contribution in [1.82, 2.24) is 14.9 Å². The van der Waals surface area contributed by atoms with E-state index in [9.17, 15) is 18.0 Å². The molecule has 3 N–H and O–H groups in total. The van der Waals surface area contributed by atoms with Crippen LogP contribution in [0.1, 0.15) is 25.8 Å². The van der Waals surface area contributed by atoms with Crippen LogP contribution in [0.15, 0.2) is 35.7 Å². The lowest BCUT2D eigenvalue weighted by Gasteiger charge is -2.30. The summed E-state index contributed by atoms with van der Waals surface area (Å²) in [6, 6.07) is 8.75. The van der Waals surface area contributed by atoms with Crippen LogP contribution >= 0.6 is 0 Å². The first kappa shape index (κ1) is 22.1. The Morgan fingerprint density at radius 3 is 2.46 bits per heavy atom. The number of imide groups is 1. The van der Waals surface area contributed by atoms with E-state index in [0.29, 0.717) is 26.2 Å². The Morgan fingerprint density at radius 1 is 1.21 bits per heavy atom. The molecular weight excluding hydrogens is 380 g/mol. The predicted molar refractivity (Wildman–Crippen MR) is 108 cm³/mol. The zero-order valence-electron chi connectivity index (χ0n) is 16.3. The molecule has 1 saturated heterocycles. The summed E-state index contributed by atoms with van der Waals surface area (Å²) in [4.78, 5) is 24.6. The van der Waals surface area contributed by atoms with Crippen LogP contribution < -0.4 is 15.5 Å². The minimum atomic E-state index is -3.49. The van der Waals surface area contributed by atoms with Gasteiger partial charge in [-0.25, -0.2) is 13.2 Å². The highest BCUT2D eigenvalue weighted by Crippen LogP contribution is 2.08. The molecule has 1 atom stereocenters. The van der Waals surface area contributed by atoms with E-state index in [4.69, 9.17) is 0 Å². The summed E-state index contributed by atoms with van der Waals surface area (Å²) in [6.45, 7) is 5.65. The SMILES string of the molecule is CC[C@@H](C)NC(=O)NC(=O)C[NH+]1CCN(S(=O)(=O)/C=C/c2ccccc2)CC1. The smallest absolute Gasteiger partial charge is 0.321 e. The molecule has 0 unspecified atom stereocenters. The Labute approximate surface area is 166 Å². The fourth-order valence-corrected chi connectivity index (χ4v) is 4.00. The van der Waals surface area contributed by atoms with Crippen LogP contribution in [0.2, 0.25) is 0 Å². The number of nitrogens with zero attached hydrogens (tertiary/aromatic N) is 1. The first-order valence-corrected chi connectivity index (χ1v) is 11.0. The van der Waals surface area contributed by atoms with Gasteiger partial charge < -0.3 is 10.2 Å². The molecule has 2 rings (SSSR count). The Morgan fingerprint density at radius 2 is 1.86 bits per heavy atom. The average Bonchev–Trinajstić information content (AvgIpc) is 2.67. The number of piperazine rings is 1. The zero-order chi connectivity index (χ0) is 20.6. The number of nitrogens with one attached hydrogen (secondary N) is 3. The van der Waals surface area contributed by atoms with Gasteiger partial charge in [-0.05, 0) is 25.0 Å². The summed E-state index contributed by atoms with van der Waals surface area (Å²) in [5, 5.41) is 6.22.